The van der Waals surface area contributed by atoms with Crippen LogP contribution in [0.2, 0.25) is 0 Å². The largest absolute Gasteiger partial charge is 0.410 e. The first kappa shape index (κ1) is 11.7. The van der Waals surface area contributed by atoms with Gasteiger partial charge in [-0.2, -0.15) is 13.2 Å². The lowest BCUT2D eigenvalue weighted by atomic mass is 10.1. The van der Waals surface area contributed by atoms with E-state index in [1.165, 1.54) is 0 Å². The molecule has 0 fully saturated rings. The van der Waals surface area contributed by atoms with Crippen LogP contribution in [0.15, 0.2) is 3.92 Å². The summed E-state index contributed by atoms with van der Waals surface area (Å²) in [6.07, 6.45) is -4.33. The maximum atomic E-state index is 12.4. The molecule has 8 heteroatoms. The summed E-state index contributed by atoms with van der Waals surface area (Å²) in [4.78, 5) is 0. The molecule has 0 amide bonds. The zero-order valence-electron chi connectivity index (χ0n) is 7.31. The van der Waals surface area contributed by atoms with Crippen LogP contribution >= 0.6 is 27.3 Å². The molecule has 1 heterocycles. The van der Waals surface area contributed by atoms with Gasteiger partial charge < -0.3 is 5.32 Å². The summed E-state index contributed by atoms with van der Waals surface area (Å²) in [6.45, 7) is 2.09. The van der Waals surface area contributed by atoms with E-state index in [0.717, 1.165) is 25.2 Å². The molecule has 0 atom stereocenters. The molecule has 0 saturated heterocycles. The summed E-state index contributed by atoms with van der Waals surface area (Å²) in [6, 6.07) is 0. The third kappa shape index (κ3) is 2.57. The van der Waals surface area contributed by atoms with Crippen molar-refractivity contribution in [2.45, 2.75) is 25.6 Å². The highest BCUT2D eigenvalue weighted by atomic mass is 79.9. The Bertz CT molecular complexity index is 322. The zero-order valence-corrected chi connectivity index (χ0v) is 9.72. The Kier molecular flexibility index (Phi) is 3.05. The molecule has 1 rings (SSSR count). The molecular weight excluding hydrogens is 283 g/mol. The van der Waals surface area contributed by atoms with E-state index in [1.54, 1.807) is 0 Å². The van der Waals surface area contributed by atoms with E-state index in [-0.39, 0.29) is 5.13 Å². The fourth-order valence-electron chi connectivity index (χ4n) is 0.594. The maximum absolute atomic E-state index is 12.4. The van der Waals surface area contributed by atoms with Gasteiger partial charge in [-0.15, -0.1) is 10.2 Å². The van der Waals surface area contributed by atoms with Crippen molar-refractivity contribution in [1.29, 1.82) is 0 Å². The van der Waals surface area contributed by atoms with Crippen LogP contribution in [-0.2, 0) is 0 Å². The topological polar surface area (TPSA) is 37.8 Å². The number of aromatic nitrogens is 2. The van der Waals surface area contributed by atoms with Gasteiger partial charge in [0, 0.05) is 0 Å². The molecule has 1 aromatic heterocycles. The molecule has 0 aliphatic rings. The van der Waals surface area contributed by atoms with Crippen molar-refractivity contribution in [3.8, 4) is 0 Å². The molecule has 0 bridgehead atoms. The van der Waals surface area contributed by atoms with Crippen molar-refractivity contribution in [2.24, 2.45) is 0 Å². The second kappa shape index (κ2) is 3.65. The first-order chi connectivity index (χ1) is 6.22. The van der Waals surface area contributed by atoms with Gasteiger partial charge in [0.05, 0.1) is 0 Å². The van der Waals surface area contributed by atoms with Crippen molar-refractivity contribution in [2.75, 3.05) is 5.32 Å². The number of rotatable bonds is 2. The van der Waals surface area contributed by atoms with E-state index in [0.29, 0.717) is 3.92 Å². The van der Waals surface area contributed by atoms with Gasteiger partial charge in [0.25, 0.3) is 0 Å². The number of hydrogen-bond donors (Lipinski definition) is 1. The van der Waals surface area contributed by atoms with Crippen molar-refractivity contribution >= 4 is 32.4 Å². The molecule has 1 N–H and O–H groups in total. The summed E-state index contributed by atoms with van der Waals surface area (Å²) in [5.74, 6) is 0. The molecule has 0 radical (unpaired) electrons. The summed E-state index contributed by atoms with van der Waals surface area (Å²) in [5.41, 5.74) is -2.01. The predicted octanol–water partition coefficient (Wildman–Crippen LogP) is 3.05. The quantitative estimate of drug-likeness (QED) is 0.909. The molecule has 14 heavy (non-hydrogen) atoms. The minimum absolute atomic E-state index is 0.138. The smallest absolute Gasteiger partial charge is 0.346 e. The molecular formula is C6H7BrF3N3S. The number of halogens is 4. The highest BCUT2D eigenvalue weighted by Crippen LogP contribution is 2.34. The summed E-state index contributed by atoms with van der Waals surface area (Å²) in [5, 5.41) is 9.47. The lowest BCUT2D eigenvalue weighted by Gasteiger charge is -2.28. The second-order valence-electron chi connectivity index (χ2n) is 3.11. The van der Waals surface area contributed by atoms with Crippen LogP contribution < -0.4 is 5.32 Å². The van der Waals surface area contributed by atoms with E-state index < -0.39 is 11.7 Å². The van der Waals surface area contributed by atoms with Crippen molar-refractivity contribution in [3.05, 3.63) is 3.92 Å². The molecule has 80 valence electrons. The molecule has 0 aliphatic heterocycles. The zero-order chi connectivity index (χ0) is 11.0. The highest BCUT2D eigenvalue weighted by molar-refractivity contribution is 9.11. The number of nitrogens with one attached hydrogen (secondary N) is 1. The van der Waals surface area contributed by atoms with E-state index in [4.69, 9.17) is 0 Å². The Morgan fingerprint density at radius 1 is 1.29 bits per heavy atom. The first-order valence-corrected chi connectivity index (χ1v) is 5.17. The Balaban J connectivity index is 2.78. The van der Waals surface area contributed by atoms with Gasteiger partial charge in [-0.3, -0.25) is 0 Å². The lowest BCUT2D eigenvalue weighted by molar-refractivity contribution is -0.168. The molecule has 0 aliphatic carbocycles. The van der Waals surface area contributed by atoms with Crippen LogP contribution in [0.3, 0.4) is 0 Å². The number of alkyl halides is 3. The number of hydrogen-bond acceptors (Lipinski definition) is 4. The van der Waals surface area contributed by atoms with Crippen molar-refractivity contribution in [1.82, 2.24) is 10.2 Å². The SMILES string of the molecule is CC(C)(Nc1nnc(Br)s1)C(F)(F)F. The second-order valence-corrected chi connectivity index (χ2v) is 5.36. The van der Waals surface area contributed by atoms with Gasteiger partial charge in [-0.1, -0.05) is 11.3 Å². The molecule has 3 nitrogen and oxygen atoms in total. The molecule has 0 aromatic carbocycles. The number of anilines is 1. The van der Waals surface area contributed by atoms with Crippen LogP contribution in [0.1, 0.15) is 13.8 Å². The average molecular weight is 290 g/mol. The molecule has 1 aromatic rings. The normalized spacial score (nSPS) is 13.0. The molecule has 0 saturated carbocycles. The van der Waals surface area contributed by atoms with Gasteiger partial charge >= 0.3 is 6.18 Å². The van der Waals surface area contributed by atoms with Crippen LogP contribution in [-0.4, -0.2) is 21.9 Å². The lowest BCUT2D eigenvalue weighted by Crippen LogP contribution is -2.46. The maximum Gasteiger partial charge on any atom is 0.410 e. The highest BCUT2D eigenvalue weighted by Gasteiger charge is 2.47. The van der Waals surface area contributed by atoms with E-state index >= 15 is 0 Å². The molecule has 0 spiro atoms. The van der Waals surface area contributed by atoms with Gasteiger partial charge in [0.1, 0.15) is 5.54 Å². The minimum Gasteiger partial charge on any atom is -0.346 e. The van der Waals surface area contributed by atoms with Crippen LogP contribution in [0.4, 0.5) is 18.3 Å². The molecule has 0 unspecified atom stereocenters. The predicted molar refractivity (Wildman–Crippen MR) is 51.4 cm³/mol. The van der Waals surface area contributed by atoms with Gasteiger partial charge in [-0.25, -0.2) is 0 Å². The Morgan fingerprint density at radius 2 is 1.86 bits per heavy atom. The van der Waals surface area contributed by atoms with Crippen LogP contribution in [0, 0.1) is 0 Å². The van der Waals surface area contributed by atoms with Crippen molar-refractivity contribution < 1.29 is 13.2 Å². The third-order valence-corrected chi connectivity index (χ3v) is 2.80. The van der Waals surface area contributed by atoms with Gasteiger partial charge in [0.15, 0.2) is 3.92 Å². The van der Waals surface area contributed by atoms with Crippen LogP contribution in [0.25, 0.3) is 0 Å². The monoisotopic (exact) mass is 289 g/mol. The first-order valence-electron chi connectivity index (χ1n) is 3.56. The van der Waals surface area contributed by atoms with E-state index in [2.05, 4.69) is 31.4 Å². The van der Waals surface area contributed by atoms with E-state index in [9.17, 15) is 13.2 Å². The van der Waals surface area contributed by atoms with Gasteiger partial charge in [-0.05, 0) is 29.8 Å². The fourth-order valence-corrected chi connectivity index (χ4v) is 1.76. The standard InChI is InChI=1S/C6H7BrF3N3S/c1-5(2,6(8,9)10)11-4-13-12-3(7)14-4/h1-2H3,(H,11,13). The Morgan fingerprint density at radius 3 is 2.21 bits per heavy atom. The third-order valence-electron chi connectivity index (χ3n) is 1.53. The Labute approximate surface area is 90.9 Å². The van der Waals surface area contributed by atoms with Crippen LogP contribution in [0.5, 0.6) is 0 Å². The summed E-state index contributed by atoms with van der Waals surface area (Å²) < 4.78 is 37.7. The average Bonchev–Trinajstić information content (AvgIpc) is 2.31. The minimum atomic E-state index is -4.33. The fraction of sp³-hybridized carbons (Fsp3) is 0.667. The summed E-state index contributed by atoms with van der Waals surface area (Å²) >= 11 is 4.03. The summed E-state index contributed by atoms with van der Waals surface area (Å²) in [7, 11) is 0. The Hall–Kier alpha value is -0.370. The van der Waals surface area contributed by atoms with Crippen molar-refractivity contribution in [3.63, 3.8) is 0 Å². The number of nitrogens with zero attached hydrogens (tertiary/aromatic N) is 2. The van der Waals surface area contributed by atoms with Gasteiger partial charge in [0.2, 0.25) is 5.13 Å². The van der Waals surface area contributed by atoms with E-state index in [1.807, 2.05) is 0 Å².